The summed E-state index contributed by atoms with van der Waals surface area (Å²) in [5.41, 5.74) is 11.2. The smallest absolute Gasteiger partial charge is 0.305 e. The van der Waals surface area contributed by atoms with Crippen molar-refractivity contribution in [1.82, 2.24) is 0 Å². The molecule has 0 amide bonds. The van der Waals surface area contributed by atoms with Crippen LogP contribution in [0.1, 0.15) is 29.2 Å². The predicted octanol–water partition coefficient (Wildman–Crippen LogP) is 3.45. The highest BCUT2D eigenvalue weighted by molar-refractivity contribution is 5.73. The largest absolute Gasteiger partial charge is 0.497 e. The maximum absolute atomic E-state index is 10.9. The minimum Gasteiger partial charge on any atom is -0.497 e. The number of carbonyl (C=O) groups is 1. The van der Waals surface area contributed by atoms with E-state index < -0.39 is 12.0 Å². The lowest BCUT2D eigenvalue weighted by Crippen LogP contribution is -2.15. The van der Waals surface area contributed by atoms with Crippen molar-refractivity contribution in [2.75, 3.05) is 7.11 Å². The molecule has 2 rings (SSSR count). The van der Waals surface area contributed by atoms with E-state index in [1.54, 1.807) is 13.2 Å². The Hall–Kier alpha value is -2.33. The van der Waals surface area contributed by atoms with Crippen LogP contribution in [0.4, 0.5) is 0 Å². The quantitative estimate of drug-likeness (QED) is 0.887. The molecule has 0 bridgehead atoms. The predicted molar refractivity (Wildman–Crippen MR) is 87.1 cm³/mol. The zero-order chi connectivity index (χ0) is 16.3. The first kappa shape index (κ1) is 16.0. The van der Waals surface area contributed by atoms with Crippen molar-refractivity contribution in [1.29, 1.82) is 0 Å². The van der Waals surface area contributed by atoms with E-state index >= 15 is 0 Å². The third kappa shape index (κ3) is 3.46. The summed E-state index contributed by atoms with van der Waals surface area (Å²) in [5, 5.41) is 8.94. The van der Waals surface area contributed by atoms with Crippen LogP contribution in [0.2, 0.25) is 0 Å². The number of carboxylic acid groups (broad SMARTS) is 1. The Morgan fingerprint density at radius 2 is 1.86 bits per heavy atom. The monoisotopic (exact) mass is 299 g/mol. The Kier molecular flexibility index (Phi) is 4.83. The first-order valence-corrected chi connectivity index (χ1v) is 7.15. The van der Waals surface area contributed by atoms with Gasteiger partial charge in [-0.15, -0.1) is 0 Å². The van der Waals surface area contributed by atoms with Gasteiger partial charge in [-0.1, -0.05) is 18.2 Å². The number of ether oxygens (including phenoxy) is 1. The molecule has 2 aromatic rings. The Morgan fingerprint density at radius 1 is 1.23 bits per heavy atom. The van der Waals surface area contributed by atoms with Gasteiger partial charge in [0.05, 0.1) is 13.5 Å². The highest BCUT2D eigenvalue weighted by atomic mass is 16.5. The van der Waals surface area contributed by atoms with Gasteiger partial charge in [-0.2, -0.15) is 0 Å². The fourth-order valence-corrected chi connectivity index (χ4v) is 2.67. The van der Waals surface area contributed by atoms with E-state index in [1.165, 1.54) is 0 Å². The van der Waals surface area contributed by atoms with Crippen LogP contribution >= 0.6 is 0 Å². The Bertz CT molecular complexity index is 674. The lowest BCUT2D eigenvalue weighted by atomic mass is 9.92. The molecule has 1 atom stereocenters. The van der Waals surface area contributed by atoms with Crippen LogP contribution in [0.15, 0.2) is 36.4 Å². The number of benzene rings is 2. The van der Waals surface area contributed by atoms with Gasteiger partial charge in [0.1, 0.15) is 5.75 Å². The first-order valence-electron chi connectivity index (χ1n) is 7.15. The van der Waals surface area contributed by atoms with Gasteiger partial charge in [-0.05, 0) is 59.9 Å². The van der Waals surface area contributed by atoms with Crippen molar-refractivity contribution in [3.63, 3.8) is 0 Å². The van der Waals surface area contributed by atoms with E-state index in [0.29, 0.717) is 5.75 Å². The summed E-state index contributed by atoms with van der Waals surface area (Å²) >= 11 is 0. The molecule has 22 heavy (non-hydrogen) atoms. The molecular weight excluding hydrogens is 278 g/mol. The Morgan fingerprint density at radius 3 is 2.41 bits per heavy atom. The van der Waals surface area contributed by atoms with E-state index in [1.807, 2.05) is 18.2 Å². The summed E-state index contributed by atoms with van der Waals surface area (Å²) in [6.07, 6.45) is -0.112. The maximum Gasteiger partial charge on any atom is 0.305 e. The maximum atomic E-state index is 10.9. The van der Waals surface area contributed by atoms with Crippen LogP contribution in [0.5, 0.6) is 5.75 Å². The van der Waals surface area contributed by atoms with Crippen LogP contribution in [-0.2, 0) is 4.79 Å². The standard InChI is InChI=1S/C18H21NO3/c1-11-5-4-6-12(2)18(11)14-7-13(8-15(9-14)22-3)16(19)10-17(20)21/h4-9,16H,10,19H2,1-3H3,(H,20,21). The zero-order valence-electron chi connectivity index (χ0n) is 13.1. The van der Waals surface area contributed by atoms with Gasteiger partial charge in [0, 0.05) is 6.04 Å². The molecular formula is C18H21NO3. The fourth-order valence-electron chi connectivity index (χ4n) is 2.67. The van der Waals surface area contributed by atoms with Gasteiger partial charge in [-0.3, -0.25) is 4.79 Å². The Balaban J connectivity index is 2.55. The van der Waals surface area contributed by atoms with Crippen molar-refractivity contribution >= 4 is 5.97 Å². The molecule has 4 heteroatoms. The van der Waals surface area contributed by atoms with Gasteiger partial charge in [-0.25, -0.2) is 0 Å². The zero-order valence-corrected chi connectivity index (χ0v) is 13.1. The number of rotatable bonds is 5. The molecule has 0 aliphatic rings. The summed E-state index contributed by atoms with van der Waals surface area (Å²) in [4.78, 5) is 10.9. The topological polar surface area (TPSA) is 72.5 Å². The number of hydrogen-bond donors (Lipinski definition) is 2. The van der Waals surface area contributed by atoms with E-state index in [4.69, 9.17) is 15.6 Å². The molecule has 0 spiro atoms. The highest BCUT2D eigenvalue weighted by Gasteiger charge is 2.15. The van der Waals surface area contributed by atoms with Crippen LogP contribution in [-0.4, -0.2) is 18.2 Å². The Labute approximate surface area is 130 Å². The highest BCUT2D eigenvalue weighted by Crippen LogP contribution is 2.33. The molecule has 0 saturated carbocycles. The molecule has 4 nitrogen and oxygen atoms in total. The minimum atomic E-state index is -0.913. The van der Waals surface area contributed by atoms with E-state index in [2.05, 4.69) is 26.0 Å². The fraction of sp³-hybridized carbons (Fsp3) is 0.278. The van der Waals surface area contributed by atoms with E-state index in [0.717, 1.165) is 27.8 Å². The second-order valence-electron chi connectivity index (χ2n) is 5.47. The van der Waals surface area contributed by atoms with Gasteiger partial charge in [0.15, 0.2) is 0 Å². The van der Waals surface area contributed by atoms with Crippen LogP contribution < -0.4 is 10.5 Å². The summed E-state index contributed by atoms with van der Waals surface area (Å²) in [6.45, 7) is 4.11. The second kappa shape index (κ2) is 6.62. The van der Waals surface area contributed by atoms with Crippen molar-refractivity contribution in [3.8, 4) is 16.9 Å². The lowest BCUT2D eigenvalue weighted by Gasteiger charge is -2.16. The number of aliphatic carboxylic acids is 1. The molecule has 0 fully saturated rings. The van der Waals surface area contributed by atoms with Gasteiger partial charge < -0.3 is 15.6 Å². The van der Waals surface area contributed by atoms with Crippen LogP contribution in [0.3, 0.4) is 0 Å². The molecule has 0 aromatic heterocycles. The normalized spacial score (nSPS) is 12.0. The molecule has 0 aliphatic heterocycles. The third-order valence-corrected chi connectivity index (χ3v) is 3.76. The number of hydrogen-bond acceptors (Lipinski definition) is 3. The van der Waals surface area contributed by atoms with Crippen LogP contribution in [0.25, 0.3) is 11.1 Å². The van der Waals surface area contributed by atoms with Gasteiger partial charge in [0.2, 0.25) is 0 Å². The number of methoxy groups -OCH3 is 1. The number of nitrogens with two attached hydrogens (primary N) is 1. The lowest BCUT2D eigenvalue weighted by molar-refractivity contribution is -0.137. The molecule has 3 N–H and O–H groups in total. The summed E-state index contributed by atoms with van der Waals surface area (Å²) in [7, 11) is 1.59. The van der Waals surface area contributed by atoms with Crippen LogP contribution in [0, 0.1) is 13.8 Å². The van der Waals surface area contributed by atoms with E-state index in [-0.39, 0.29) is 6.42 Å². The molecule has 0 aliphatic carbocycles. The van der Waals surface area contributed by atoms with Crippen molar-refractivity contribution in [3.05, 3.63) is 53.1 Å². The SMILES string of the molecule is COc1cc(-c2c(C)cccc2C)cc(C(N)CC(=O)O)c1. The van der Waals surface area contributed by atoms with Gasteiger partial charge in [0.25, 0.3) is 0 Å². The first-order chi connectivity index (χ1) is 10.4. The van der Waals surface area contributed by atoms with Gasteiger partial charge >= 0.3 is 5.97 Å². The molecule has 0 heterocycles. The molecule has 1 unspecified atom stereocenters. The minimum absolute atomic E-state index is 0.112. The number of aryl methyl sites for hydroxylation is 2. The summed E-state index contributed by atoms with van der Waals surface area (Å²) in [6, 6.07) is 11.3. The molecule has 2 aromatic carbocycles. The third-order valence-electron chi connectivity index (χ3n) is 3.76. The number of carboxylic acids is 1. The molecule has 0 saturated heterocycles. The van der Waals surface area contributed by atoms with E-state index in [9.17, 15) is 4.79 Å². The molecule has 0 radical (unpaired) electrons. The molecule has 116 valence electrons. The van der Waals surface area contributed by atoms with Crippen molar-refractivity contribution in [2.45, 2.75) is 26.3 Å². The average molecular weight is 299 g/mol. The second-order valence-corrected chi connectivity index (χ2v) is 5.47. The van der Waals surface area contributed by atoms with Crippen molar-refractivity contribution < 1.29 is 14.6 Å². The van der Waals surface area contributed by atoms with Crippen molar-refractivity contribution in [2.24, 2.45) is 5.73 Å². The average Bonchev–Trinajstić information content (AvgIpc) is 2.46. The summed E-state index contributed by atoms with van der Waals surface area (Å²) < 4.78 is 5.35. The summed E-state index contributed by atoms with van der Waals surface area (Å²) in [5.74, 6) is -0.236.